The molecule has 6 aromatic rings. The second kappa shape index (κ2) is 13.5. The van der Waals surface area contributed by atoms with Crippen LogP contribution < -0.4 is 9.13 Å². The number of hydrogen-bond acceptors (Lipinski definition) is 4. The van der Waals surface area contributed by atoms with E-state index in [2.05, 4.69) is 102 Å². The molecule has 0 bridgehead atoms. The Kier molecular flexibility index (Phi) is 10.3. The molecular formula is C32H26F12N6P2. The van der Waals surface area contributed by atoms with Gasteiger partial charge in [0.05, 0.1) is 11.4 Å². The van der Waals surface area contributed by atoms with Crippen LogP contribution in [0.1, 0.15) is 11.1 Å². The first kappa shape index (κ1) is 39.7. The van der Waals surface area contributed by atoms with Gasteiger partial charge in [0, 0.05) is 72.6 Å². The fraction of sp³-hybridized carbons (Fsp3) is 0.0625. The summed E-state index contributed by atoms with van der Waals surface area (Å²) in [4.78, 5) is 17.4. The average Bonchev–Trinajstić information content (AvgIpc) is 3.04. The zero-order chi connectivity index (χ0) is 38.4. The van der Waals surface area contributed by atoms with E-state index in [0.717, 1.165) is 35.6 Å². The minimum Gasteiger partial charge on any atom is -0.265 e. The molecule has 0 amide bonds. The molecule has 0 aliphatic carbocycles. The smallest absolute Gasteiger partial charge is 0.173 e. The first-order valence-corrected chi connectivity index (χ1v) is 18.6. The molecule has 0 aliphatic rings. The molecule has 6 rings (SSSR count). The SMILES string of the molecule is F[P-](F)(F)(F)(F)F.F[P-](F)(F)(F)(F)F.c1cc(-c2cc[n+](Cc3ccnc(-c4cc(C[n+]5ccc(-c6ccncc6)cc5)ccn4)c3)cc2)ccn1. The number of aromatic nitrogens is 6. The van der Waals surface area contributed by atoms with Gasteiger partial charge in [-0.15, -0.1) is 0 Å². The molecule has 0 atom stereocenters. The van der Waals surface area contributed by atoms with E-state index in [0.29, 0.717) is 0 Å². The van der Waals surface area contributed by atoms with E-state index in [-0.39, 0.29) is 0 Å². The van der Waals surface area contributed by atoms with Crippen molar-refractivity contribution in [2.75, 3.05) is 0 Å². The van der Waals surface area contributed by atoms with Crippen molar-refractivity contribution < 1.29 is 59.5 Å². The van der Waals surface area contributed by atoms with Crippen LogP contribution >= 0.6 is 15.6 Å². The van der Waals surface area contributed by atoms with Gasteiger partial charge in [-0.3, -0.25) is 19.9 Å². The zero-order valence-electron chi connectivity index (χ0n) is 26.2. The van der Waals surface area contributed by atoms with Crippen LogP contribution in [-0.2, 0) is 13.1 Å². The van der Waals surface area contributed by atoms with Crippen LogP contribution in [0.2, 0.25) is 0 Å². The van der Waals surface area contributed by atoms with Gasteiger partial charge in [-0.25, -0.2) is 9.13 Å². The van der Waals surface area contributed by atoms with Gasteiger partial charge in [-0.1, -0.05) is 0 Å². The van der Waals surface area contributed by atoms with Gasteiger partial charge in [0.1, 0.15) is 0 Å². The topological polar surface area (TPSA) is 59.3 Å². The molecule has 0 saturated carbocycles. The third-order valence-corrected chi connectivity index (χ3v) is 6.45. The fourth-order valence-electron chi connectivity index (χ4n) is 4.45. The molecule has 6 nitrogen and oxygen atoms in total. The third-order valence-electron chi connectivity index (χ3n) is 6.45. The van der Waals surface area contributed by atoms with Gasteiger partial charge < -0.3 is 0 Å². The summed E-state index contributed by atoms with van der Waals surface area (Å²) in [5, 5.41) is 0. The van der Waals surface area contributed by atoms with Crippen molar-refractivity contribution >= 4 is 15.6 Å². The molecule has 0 fully saturated rings. The number of hydrogen-bond donors (Lipinski definition) is 0. The summed E-state index contributed by atoms with van der Waals surface area (Å²) in [6.07, 6.45) is 19.4. The summed E-state index contributed by atoms with van der Waals surface area (Å²) in [6, 6.07) is 24.9. The molecular weight excluding hydrogens is 758 g/mol. The summed E-state index contributed by atoms with van der Waals surface area (Å²) < 4.78 is 123. The third kappa shape index (κ3) is 17.2. The van der Waals surface area contributed by atoms with Crippen molar-refractivity contribution in [1.29, 1.82) is 0 Å². The Bertz CT molecular complexity index is 1930. The number of nitrogens with zero attached hydrogens (tertiary/aromatic N) is 6. The minimum absolute atomic E-state index is 0.755. The van der Waals surface area contributed by atoms with Gasteiger partial charge in [0.25, 0.3) is 0 Å². The van der Waals surface area contributed by atoms with Crippen LogP contribution in [0, 0.1) is 0 Å². The van der Waals surface area contributed by atoms with E-state index in [9.17, 15) is 50.4 Å². The molecule has 0 saturated heterocycles. The Balaban J connectivity index is 0.000000367. The molecule has 6 heterocycles. The molecule has 278 valence electrons. The molecule has 52 heavy (non-hydrogen) atoms. The summed E-state index contributed by atoms with van der Waals surface area (Å²) >= 11 is 0. The maximum Gasteiger partial charge on any atom is 0.173 e. The van der Waals surface area contributed by atoms with E-state index < -0.39 is 15.6 Å². The monoisotopic (exact) mass is 784 g/mol. The van der Waals surface area contributed by atoms with Crippen LogP contribution in [-0.4, -0.2) is 19.9 Å². The standard InChI is InChI=1S/C32H26N6.2F6P/c1-15-35-31(21-25(1)23-37-17-7-29(8-18-37)27-3-11-33-12-4-27)32-22-26(2-16-36-32)24-38-19-9-30(10-20-38)28-5-13-34-14-6-28;2*1-7(2,3,4,5)6/h1-22H,23-24H2;;/q+2;2*-1. The Hall–Kier alpha value is -5.08. The molecule has 0 aliphatic heterocycles. The van der Waals surface area contributed by atoms with Gasteiger partial charge >= 0.3 is 66.0 Å². The fourth-order valence-corrected chi connectivity index (χ4v) is 4.45. The van der Waals surface area contributed by atoms with E-state index in [1.165, 1.54) is 22.3 Å². The van der Waals surface area contributed by atoms with Gasteiger partial charge in [0.2, 0.25) is 0 Å². The maximum atomic E-state index is 9.87. The molecule has 0 unspecified atom stereocenters. The molecule has 6 aromatic heterocycles. The molecule has 0 aromatic carbocycles. The Morgan fingerprint density at radius 2 is 0.654 bits per heavy atom. The van der Waals surface area contributed by atoms with E-state index in [1.807, 2.05) is 61.4 Å². The largest absolute Gasteiger partial charge is 0.265 e. The quantitative estimate of drug-likeness (QED) is 0.0919. The molecule has 0 radical (unpaired) electrons. The van der Waals surface area contributed by atoms with E-state index in [4.69, 9.17) is 0 Å². The van der Waals surface area contributed by atoms with Crippen LogP contribution in [0.15, 0.2) is 135 Å². The predicted octanol–water partition coefficient (Wildman–Crippen LogP) is 11.7. The molecule has 20 heteroatoms. The Morgan fingerprint density at radius 1 is 0.385 bits per heavy atom. The minimum atomic E-state index is -10.7. The van der Waals surface area contributed by atoms with Crippen molar-refractivity contribution in [3.8, 4) is 33.6 Å². The zero-order valence-corrected chi connectivity index (χ0v) is 28.0. The normalized spacial score (nSPS) is 14.2. The Morgan fingerprint density at radius 3 is 0.942 bits per heavy atom. The maximum absolute atomic E-state index is 10.7. The molecule has 0 N–H and O–H groups in total. The van der Waals surface area contributed by atoms with Crippen molar-refractivity contribution in [2.24, 2.45) is 0 Å². The van der Waals surface area contributed by atoms with Crippen LogP contribution in [0.4, 0.5) is 50.4 Å². The van der Waals surface area contributed by atoms with Crippen LogP contribution in [0.3, 0.4) is 0 Å². The second-order valence-corrected chi connectivity index (χ2v) is 14.8. The number of rotatable bonds is 7. The second-order valence-electron chi connectivity index (χ2n) is 11.0. The van der Waals surface area contributed by atoms with Crippen molar-refractivity contribution in [3.05, 3.63) is 146 Å². The van der Waals surface area contributed by atoms with Crippen LogP contribution in [0.5, 0.6) is 0 Å². The van der Waals surface area contributed by atoms with Gasteiger partial charge in [0.15, 0.2) is 37.9 Å². The summed E-state index contributed by atoms with van der Waals surface area (Å²) in [6.45, 7) is 1.51. The number of halogens is 12. The Labute approximate surface area is 287 Å². The summed E-state index contributed by atoms with van der Waals surface area (Å²) in [7, 11) is -21.3. The van der Waals surface area contributed by atoms with Crippen molar-refractivity contribution in [3.63, 3.8) is 0 Å². The molecule has 0 spiro atoms. The van der Waals surface area contributed by atoms with Crippen molar-refractivity contribution in [1.82, 2.24) is 19.9 Å². The first-order valence-electron chi connectivity index (χ1n) is 14.5. The summed E-state index contributed by atoms with van der Waals surface area (Å²) in [5.41, 5.74) is 8.75. The average molecular weight is 785 g/mol. The van der Waals surface area contributed by atoms with Gasteiger partial charge in [-0.2, -0.15) is 0 Å². The van der Waals surface area contributed by atoms with Gasteiger partial charge in [-0.05, 0) is 70.8 Å². The number of pyridine rings is 6. The first-order chi connectivity index (χ1) is 23.7. The predicted molar refractivity (Wildman–Crippen MR) is 173 cm³/mol. The van der Waals surface area contributed by atoms with E-state index in [1.54, 1.807) is 0 Å². The van der Waals surface area contributed by atoms with E-state index >= 15 is 0 Å². The van der Waals surface area contributed by atoms with Crippen LogP contribution in [0.25, 0.3) is 33.6 Å². The summed E-state index contributed by atoms with van der Waals surface area (Å²) in [5.74, 6) is 0. The van der Waals surface area contributed by atoms with Crippen molar-refractivity contribution in [2.45, 2.75) is 13.1 Å².